The molecule has 0 fully saturated rings. The lowest BCUT2D eigenvalue weighted by molar-refractivity contribution is -0.121. The van der Waals surface area contributed by atoms with Crippen molar-refractivity contribution >= 4 is 23.4 Å². The number of rotatable bonds is 6. The first kappa shape index (κ1) is 20.0. The van der Waals surface area contributed by atoms with E-state index in [-0.39, 0.29) is 30.7 Å². The van der Waals surface area contributed by atoms with Gasteiger partial charge in [-0.05, 0) is 30.2 Å². The zero-order chi connectivity index (χ0) is 22.1. The maximum Gasteiger partial charge on any atom is 0.260 e. The van der Waals surface area contributed by atoms with Crippen LogP contribution in [0.3, 0.4) is 0 Å². The number of anilines is 1. The van der Waals surface area contributed by atoms with Crippen molar-refractivity contribution in [2.24, 2.45) is 0 Å². The van der Waals surface area contributed by atoms with Crippen LogP contribution in [-0.4, -0.2) is 35.7 Å². The van der Waals surface area contributed by atoms with Crippen LogP contribution in [0, 0.1) is 0 Å². The number of amides is 3. The third-order valence-electron chi connectivity index (χ3n) is 6.04. The fourth-order valence-electron chi connectivity index (χ4n) is 4.50. The number of para-hydroxylation sites is 1. The molecule has 160 valence electrons. The Labute approximate surface area is 186 Å². The van der Waals surface area contributed by atoms with E-state index < -0.39 is 6.17 Å². The van der Waals surface area contributed by atoms with Gasteiger partial charge >= 0.3 is 0 Å². The normalized spacial score (nSPS) is 16.4. The Kier molecular flexibility index (Phi) is 5.19. The highest BCUT2D eigenvalue weighted by molar-refractivity contribution is 6.16. The van der Waals surface area contributed by atoms with Crippen molar-refractivity contribution in [3.63, 3.8) is 0 Å². The first-order valence-corrected chi connectivity index (χ1v) is 10.8. The minimum atomic E-state index is -0.529. The monoisotopic (exact) mass is 425 g/mol. The first-order valence-electron chi connectivity index (χ1n) is 10.8. The van der Waals surface area contributed by atoms with Crippen molar-refractivity contribution in [2.45, 2.75) is 19.0 Å². The van der Waals surface area contributed by atoms with Crippen molar-refractivity contribution in [1.82, 2.24) is 10.2 Å². The molecule has 2 aliphatic rings. The van der Waals surface area contributed by atoms with Gasteiger partial charge in [0, 0.05) is 30.6 Å². The van der Waals surface area contributed by atoms with Crippen LogP contribution in [0.25, 0.3) is 0 Å². The zero-order valence-electron chi connectivity index (χ0n) is 17.5. The molecule has 0 saturated heterocycles. The molecule has 1 atom stereocenters. The average molecular weight is 425 g/mol. The number of carbonyl (C=O) groups is 3. The highest BCUT2D eigenvalue weighted by Gasteiger charge is 2.47. The Bertz CT molecular complexity index is 1190. The number of fused-ring (bicyclic) bond motifs is 5. The van der Waals surface area contributed by atoms with Crippen molar-refractivity contribution in [3.8, 4) is 0 Å². The highest BCUT2D eigenvalue weighted by atomic mass is 16.2. The number of hydrogen-bond acceptors (Lipinski definition) is 3. The molecule has 1 unspecified atom stereocenters. The smallest absolute Gasteiger partial charge is 0.260 e. The number of nitrogens with zero attached hydrogens (tertiary/aromatic N) is 2. The summed E-state index contributed by atoms with van der Waals surface area (Å²) in [7, 11) is 0. The minimum absolute atomic E-state index is 0.114. The van der Waals surface area contributed by atoms with Gasteiger partial charge in [-0.3, -0.25) is 19.3 Å². The van der Waals surface area contributed by atoms with Gasteiger partial charge < -0.3 is 10.2 Å². The molecule has 32 heavy (non-hydrogen) atoms. The van der Waals surface area contributed by atoms with Gasteiger partial charge in [0.1, 0.15) is 6.17 Å². The molecule has 0 spiro atoms. The van der Waals surface area contributed by atoms with Crippen molar-refractivity contribution in [1.29, 1.82) is 0 Å². The van der Waals surface area contributed by atoms with Crippen molar-refractivity contribution < 1.29 is 14.4 Å². The van der Waals surface area contributed by atoms with Gasteiger partial charge in [-0.25, -0.2) is 0 Å². The number of nitrogens with one attached hydrogen (secondary N) is 1. The molecular weight excluding hydrogens is 402 g/mol. The topological polar surface area (TPSA) is 69.7 Å². The minimum Gasteiger partial charge on any atom is -0.356 e. The fourth-order valence-corrected chi connectivity index (χ4v) is 4.50. The molecule has 5 rings (SSSR count). The Hall–Kier alpha value is -3.93. The van der Waals surface area contributed by atoms with Crippen molar-refractivity contribution in [2.75, 3.05) is 18.0 Å². The molecule has 3 aromatic carbocycles. The quantitative estimate of drug-likeness (QED) is 0.657. The Morgan fingerprint density at radius 2 is 1.50 bits per heavy atom. The molecule has 0 aromatic heterocycles. The Morgan fingerprint density at radius 1 is 0.812 bits per heavy atom. The Balaban J connectivity index is 1.33. The molecule has 6 heteroatoms. The van der Waals surface area contributed by atoms with Gasteiger partial charge in [0.2, 0.25) is 5.91 Å². The van der Waals surface area contributed by atoms with Crippen LogP contribution in [0.2, 0.25) is 0 Å². The van der Waals surface area contributed by atoms with Gasteiger partial charge in [0.25, 0.3) is 11.8 Å². The van der Waals surface area contributed by atoms with E-state index in [1.165, 1.54) is 0 Å². The summed E-state index contributed by atoms with van der Waals surface area (Å²) in [5.74, 6) is -0.400. The van der Waals surface area contributed by atoms with Gasteiger partial charge in [-0.2, -0.15) is 0 Å². The lowest BCUT2D eigenvalue weighted by atomic mass is 10.0. The van der Waals surface area contributed by atoms with E-state index in [9.17, 15) is 14.4 Å². The molecule has 0 radical (unpaired) electrons. The molecule has 3 aromatic rings. The van der Waals surface area contributed by atoms with E-state index in [1.54, 1.807) is 34.1 Å². The van der Waals surface area contributed by atoms with Gasteiger partial charge in [0.05, 0.1) is 11.3 Å². The predicted molar refractivity (Wildman–Crippen MR) is 121 cm³/mol. The molecule has 0 aliphatic carbocycles. The SMILES string of the molecule is O=C(CCN1C(=O)c2ccccc2N2C(=O)c3ccccc3C12)NCCc1ccccc1. The van der Waals surface area contributed by atoms with Crippen LogP contribution >= 0.6 is 0 Å². The van der Waals surface area contributed by atoms with Crippen LogP contribution < -0.4 is 10.2 Å². The zero-order valence-corrected chi connectivity index (χ0v) is 17.5. The van der Waals surface area contributed by atoms with E-state index in [4.69, 9.17) is 0 Å². The maximum absolute atomic E-state index is 13.3. The van der Waals surface area contributed by atoms with E-state index >= 15 is 0 Å². The average Bonchev–Trinajstić information content (AvgIpc) is 3.12. The summed E-state index contributed by atoms with van der Waals surface area (Å²) < 4.78 is 0. The summed E-state index contributed by atoms with van der Waals surface area (Å²) in [6.07, 6.45) is 0.391. The second kappa shape index (κ2) is 8.30. The summed E-state index contributed by atoms with van der Waals surface area (Å²) in [5.41, 5.74) is 3.65. The number of benzene rings is 3. The predicted octanol–water partition coefficient (Wildman–Crippen LogP) is 3.55. The second-order valence-corrected chi connectivity index (χ2v) is 7.99. The van der Waals surface area contributed by atoms with E-state index in [0.717, 1.165) is 17.5 Å². The van der Waals surface area contributed by atoms with Crippen LogP contribution in [-0.2, 0) is 11.2 Å². The summed E-state index contributed by atoms with van der Waals surface area (Å²) in [6.45, 7) is 0.767. The first-order chi connectivity index (χ1) is 15.6. The number of carbonyl (C=O) groups excluding carboxylic acids is 3. The van der Waals surface area contributed by atoms with E-state index in [2.05, 4.69) is 5.32 Å². The summed E-state index contributed by atoms with van der Waals surface area (Å²) in [5, 5.41) is 2.93. The fraction of sp³-hybridized carbons (Fsp3) is 0.192. The second-order valence-electron chi connectivity index (χ2n) is 7.99. The van der Waals surface area contributed by atoms with Gasteiger partial charge in [-0.1, -0.05) is 60.7 Å². The lowest BCUT2D eigenvalue weighted by Gasteiger charge is -2.40. The molecule has 0 saturated carbocycles. The maximum atomic E-state index is 13.3. The molecule has 6 nitrogen and oxygen atoms in total. The number of hydrogen-bond donors (Lipinski definition) is 1. The van der Waals surface area contributed by atoms with Gasteiger partial charge in [0.15, 0.2) is 0 Å². The molecule has 0 bridgehead atoms. The van der Waals surface area contributed by atoms with Gasteiger partial charge in [-0.15, -0.1) is 0 Å². The largest absolute Gasteiger partial charge is 0.356 e. The standard InChI is InChI=1S/C26H23N3O3/c30-23(27-16-14-18-8-2-1-3-9-18)15-17-28-24-19-10-4-5-11-20(19)26(32)29(24)22-13-7-6-12-21(22)25(28)31/h1-13,24H,14-17H2,(H,27,30). The summed E-state index contributed by atoms with van der Waals surface area (Å²) >= 11 is 0. The van der Waals surface area contributed by atoms with Crippen LogP contribution in [0.5, 0.6) is 0 Å². The van der Waals surface area contributed by atoms with E-state index in [0.29, 0.717) is 23.4 Å². The lowest BCUT2D eigenvalue weighted by Crippen LogP contribution is -2.49. The third-order valence-corrected chi connectivity index (χ3v) is 6.04. The van der Waals surface area contributed by atoms with Crippen molar-refractivity contribution in [3.05, 3.63) is 101 Å². The third kappa shape index (κ3) is 3.43. The Morgan fingerprint density at radius 3 is 2.31 bits per heavy atom. The van der Waals surface area contributed by atoms with Crippen LogP contribution in [0.4, 0.5) is 5.69 Å². The summed E-state index contributed by atoms with van der Waals surface area (Å²) in [4.78, 5) is 42.3. The van der Waals surface area contributed by atoms with Crippen LogP contribution in [0.15, 0.2) is 78.9 Å². The molecule has 2 heterocycles. The summed E-state index contributed by atoms with van der Waals surface area (Å²) in [6, 6.07) is 24.5. The van der Waals surface area contributed by atoms with Crippen LogP contribution in [0.1, 0.15) is 44.4 Å². The molecule has 1 N–H and O–H groups in total. The molecular formula is C26H23N3O3. The van der Waals surface area contributed by atoms with E-state index in [1.807, 2.05) is 54.6 Å². The molecule has 3 amide bonds. The highest BCUT2D eigenvalue weighted by Crippen LogP contribution is 2.45. The molecule has 2 aliphatic heterocycles.